The van der Waals surface area contributed by atoms with Crippen LogP contribution in [0.3, 0.4) is 0 Å². The van der Waals surface area contributed by atoms with Crippen molar-refractivity contribution in [3.8, 4) is 0 Å². The zero-order valence-electron chi connectivity index (χ0n) is 10.3. The van der Waals surface area contributed by atoms with Crippen LogP contribution in [0.2, 0.25) is 5.02 Å². The van der Waals surface area contributed by atoms with Gasteiger partial charge in [-0.3, -0.25) is 0 Å². The minimum Gasteiger partial charge on any atom is -0.388 e. The molecule has 0 saturated heterocycles. The van der Waals surface area contributed by atoms with Crippen LogP contribution in [0, 0.1) is 11.2 Å². The van der Waals surface area contributed by atoms with Gasteiger partial charge in [0.15, 0.2) is 0 Å². The molecule has 100 valence electrons. The van der Waals surface area contributed by atoms with Crippen molar-refractivity contribution >= 4 is 27.5 Å². The average molecular weight is 336 g/mol. The highest BCUT2D eigenvalue weighted by Gasteiger charge is 2.40. The minimum atomic E-state index is -0.768. The summed E-state index contributed by atoms with van der Waals surface area (Å²) in [4.78, 5) is 0. The Hall–Kier alpha value is -0.120. The van der Waals surface area contributed by atoms with Crippen molar-refractivity contribution in [3.05, 3.63) is 33.0 Å². The summed E-state index contributed by atoms with van der Waals surface area (Å²) in [6, 6.07) is 2.88. The average Bonchev–Trinajstić information content (AvgIpc) is 2.83. The van der Waals surface area contributed by atoms with Crippen LogP contribution < -0.4 is 0 Å². The Labute approximate surface area is 120 Å². The Bertz CT molecular complexity index is 444. The number of aliphatic hydroxyl groups is 1. The van der Waals surface area contributed by atoms with Gasteiger partial charge in [0.2, 0.25) is 0 Å². The molecule has 0 aromatic heterocycles. The molecule has 0 amide bonds. The molecular formula is C14H17BrClFO. The Morgan fingerprint density at radius 1 is 1.44 bits per heavy atom. The normalized spacial score (nSPS) is 20.1. The molecule has 0 spiro atoms. The third kappa shape index (κ3) is 2.45. The zero-order chi connectivity index (χ0) is 13.3. The van der Waals surface area contributed by atoms with Crippen molar-refractivity contribution in [1.29, 1.82) is 0 Å². The van der Waals surface area contributed by atoms with E-state index >= 15 is 0 Å². The second-order valence-electron chi connectivity index (χ2n) is 5.11. The second kappa shape index (κ2) is 5.48. The number of hydrogen-bond acceptors (Lipinski definition) is 1. The molecule has 0 heterocycles. The first kappa shape index (κ1) is 14.3. The van der Waals surface area contributed by atoms with Gasteiger partial charge in [-0.1, -0.05) is 31.4 Å². The topological polar surface area (TPSA) is 20.2 Å². The summed E-state index contributed by atoms with van der Waals surface area (Å²) in [7, 11) is 0. The molecule has 1 aliphatic rings. The molecule has 18 heavy (non-hydrogen) atoms. The fourth-order valence-electron chi connectivity index (χ4n) is 2.98. The summed E-state index contributed by atoms with van der Waals surface area (Å²) < 4.78 is 14.5. The van der Waals surface area contributed by atoms with Gasteiger partial charge in [0.1, 0.15) is 5.82 Å². The quantitative estimate of drug-likeness (QED) is 0.748. The van der Waals surface area contributed by atoms with Crippen LogP contribution in [-0.2, 0) is 0 Å². The molecule has 4 heteroatoms. The molecule has 1 N–H and O–H groups in total. The summed E-state index contributed by atoms with van der Waals surface area (Å²) >= 11 is 9.19. The number of aliphatic hydroxyl groups excluding tert-OH is 1. The van der Waals surface area contributed by atoms with E-state index < -0.39 is 11.9 Å². The number of benzene rings is 1. The first-order valence-electron chi connectivity index (χ1n) is 6.32. The molecule has 1 nitrogen and oxygen atoms in total. The number of rotatable bonds is 3. The second-order valence-corrected chi connectivity index (χ2v) is 6.37. The van der Waals surface area contributed by atoms with E-state index in [1.807, 2.05) is 0 Å². The van der Waals surface area contributed by atoms with E-state index in [1.54, 1.807) is 6.07 Å². The lowest BCUT2D eigenvalue weighted by Crippen LogP contribution is -2.25. The van der Waals surface area contributed by atoms with Crippen molar-refractivity contribution < 1.29 is 9.50 Å². The Morgan fingerprint density at radius 3 is 2.61 bits per heavy atom. The summed E-state index contributed by atoms with van der Waals surface area (Å²) in [6.45, 7) is 2.06. The Kier molecular flexibility index (Phi) is 4.35. The molecule has 0 aliphatic heterocycles. The molecule has 1 atom stereocenters. The monoisotopic (exact) mass is 334 g/mol. The highest BCUT2D eigenvalue weighted by molar-refractivity contribution is 9.10. The maximum atomic E-state index is 14.0. The van der Waals surface area contributed by atoms with Gasteiger partial charge >= 0.3 is 0 Å². The third-order valence-corrected chi connectivity index (χ3v) is 5.41. The van der Waals surface area contributed by atoms with Crippen LogP contribution in [0.4, 0.5) is 4.39 Å². The maximum absolute atomic E-state index is 14.0. The van der Waals surface area contributed by atoms with Gasteiger partial charge in [-0.05, 0) is 47.3 Å². The molecule has 0 bridgehead atoms. The molecule has 1 saturated carbocycles. The van der Waals surface area contributed by atoms with Gasteiger partial charge in [-0.25, -0.2) is 4.39 Å². The lowest BCUT2D eigenvalue weighted by Gasteiger charge is -2.33. The van der Waals surface area contributed by atoms with E-state index in [4.69, 9.17) is 11.6 Å². The molecular weight excluding hydrogens is 319 g/mol. The molecule has 1 fully saturated rings. The van der Waals surface area contributed by atoms with Crippen molar-refractivity contribution in [2.75, 3.05) is 0 Å². The van der Waals surface area contributed by atoms with E-state index in [0.717, 1.165) is 32.1 Å². The van der Waals surface area contributed by atoms with Crippen molar-refractivity contribution in [1.82, 2.24) is 0 Å². The van der Waals surface area contributed by atoms with E-state index in [9.17, 15) is 9.50 Å². The van der Waals surface area contributed by atoms with E-state index in [0.29, 0.717) is 15.1 Å². The van der Waals surface area contributed by atoms with E-state index in [-0.39, 0.29) is 5.41 Å². The zero-order valence-corrected chi connectivity index (χ0v) is 12.7. The van der Waals surface area contributed by atoms with Gasteiger partial charge in [0.05, 0.1) is 11.1 Å². The highest BCUT2D eigenvalue weighted by Crippen LogP contribution is 2.50. The van der Waals surface area contributed by atoms with Gasteiger partial charge in [0, 0.05) is 15.5 Å². The van der Waals surface area contributed by atoms with Crippen LogP contribution in [0.1, 0.15) is 50.7 Å². The van der Waals surface area contributed by atoms with Crippen molar-refractivity contribution in [2.24, 2.45) is 5.41 Å². The van der Waals surface area contributed by atoms with Crippen LogP contribution in [-0.4, -0.2) is 5.11 Å². The van der Waals surface area contributed by atoms with Crippen molar-refractivity contribution in [3.63, 3.8) is 0 Å². The predicted octanol–water partition coefficient (Wildman–Crippen LogP) is 5.25. The summed E-state index contributed by atoms with van der Waals surface area (Å²) in [6.07, 6.45) is 4.22. The predicted molar refractivity (Wildman–Crippen MR) is 75.3 cm³/mol. The van der Waals surface area contributed by atoms with Crippen LogP contribution in [0.25, 0.3) is 0 Å². The molecule has 1 unspecified atom stereocenters. The van der Waals surface area contributed by atoms with Gasteiger partial charge in [0.25, 0.3) is 0 Å². The van der Waals surface area contributed by atoms with Gasteiger partial charge in [-0.2, -0.15) is 0 Å². The molecule has 0 radical (unpaired) electrons. The van der Waals surface area contributed by atoms with E-state index in [2.05, 4.69) is 22.9 Å². The lowest BCUT2D eigenvalue weighted by atomic mass is 9.75. The fourth-order valence-corrected chi connectivity index (χ4v) is 3.46. The van der Waals surface area contributed by atoms with Crippen LogP contribution >= 0.6 is 27.5 Å². The Balaban J connectivity index is 2.39. The highest BCUT2D eigenvalue weighted by atomic mass is 79.9. The number of halogens is 3. The largest absolute Gasteiger partial charge is 0.388 e. The smallest absolute Gasteiger partial charge is 0.130 e. The fraction of sp³-hybridized carbons (Fsp3) is 0.571. The number of hydrogen-bond donors (Lipinski definition) is 1. The van der Waals surface area contributed by atoms with Crippen LogP contribution in [0.5, 0.6) is 0 Å². The standard InChI is InChI=1S/C14H17BrClFO/c1-2-14(5-3-4-6-14)13(18)9-7-11(16)10(15)8-12(9)17/h7-8,13,18H,2-6H2,1H3. The summed E-state index contributed by atoms with van der Waals surface area (Å²) in [5.41, 5.74) is 0.143. The summed E-state index contributed by atoms with van der Waals surface area (Å²) in [5, 5.41) is 11.0. The van der Waals surface area contributed by atoms with Crippen LogP contribution in [0.15, 0.2) is 16.6 Å². The Morgan fingerprint density at radius 2 is 2.06 bits per heavy atom. The third-order valence-electron chi connectivity index (χ3n) is 4.22. The summed E-state index contributed by atoms with van der Waals surface area (Å²) in [5.74, 6) is -0.390. The van der Waals surface area contributed by atoms with Gasteiger partial charge < -0.3 is 5.11 Å². The first-order chi connectivity index (χ1) is 8.50. The lowest BCUT2D eigenvalue weighted by molar-refractivity contribution is 0.0211. The molecule has 1 aromatic carbocycles. The van der Waals surface area contributed by atoms with Crippen molar-refractivity contribution in [2.45, 2.75) is 45.1 Å². The first-order valence-corrected chi connectivity index (χ1v) is 7.50. The van der Waals surface area contributed by atoms with Gasteiger partial charge in [-0.15, -0.1) is 0 Å². The molecule has 1 aliphatic carbocycles. The SMILES string of the molecule is CCC1(C(O)c2cc(Cl)c(Br)cc2F)CCCC1. The molecule has 2 rings (SSSR count). The minimum absolute atomic E-state index is 0.183. The van der Waals surface area contributed by atoms with E-state index in [1.165, 1.54) is 6.07 Å². The maximum Gasteiger partial charge on any atom is 0.130 e. The molecule has 1 aromatic rings.